The molecule has 0 saturated heterocycles. The van der Waals surface area contributed by atoms with E-state index >= 15 is 0 Å². The summed E-state index contributed by atoms with van der Waals surface area (Å²) >= 11 is 0. The van der Waals surface area contributed by atoms with Gasteiger partial charge in [-0.3, -0.25) is 4.79 Å². The minimum absolute atomic E-state index is 0.0197. The Balaban J connectivity index is 2.27. The molecule has 1 aliphatic carbocycles. The van der Waals surface area contributed by atoms with E-state index in [0.717, 1.165) is 6.54 Å². The number of hydrogen-bond donors (Lipinski definition) is 1. The molecule has 1 saturated carbocycles. The number of rotatable bonds is 4. The van der Waals surface area contributed by atoms with Gasteiger partial charge in [0.2, 0.25) is 5.91 Å². The van der Waals surface area contributed by atoms with E-state index in [1.807, 2.05) is 6.07 Å². The maximum atomic E-state index is 11.0. The van der Waals surface area contributed by atoms with Crippen LogP contribution in [0.5, 0.6) is 0 Å². The normalized spacial score (nSPS) is 18.0. The Morgan fingerprint density at radius 1 is 1.62 bits per heavy atom. The average molecular weight is 180 g/mol. The molecule has 1 aliphatic rings. The first-order valence-electron chi connectivity index (χ1n) is 4.74. The lowest BCUT2D eigenvalue weighted by molar-refractivity contribution is -0.120. The summed E-state index contributed by atoms with van der Waals surface area (Å²) in [6.07, 6.45) is 2.39. The molecule has 0 aromatic heterocycles. The van der Waals surface area contributed by atoms with E-state index < -0.39 is 0 Å². The molecule has 0 heterocycles. The van der Waals surface area contributed by atoms with Crippen molar-refractivity contribution in [2.45, 2.75) is 33.1 Å². The van der Waals surface area contributed by atoms with E-state index in [1.54, 1.807) is 0 Å². The van der Waals surface area contributed by atoms with Crippen LogP contribution in [-0.2, 0) is 4.79 Å². The number of nitrogens with one attached hydrogen (secondary N) is 1. The first-order valence-corrected chi connectivity index (χ1v) is 4.74. The SMILES string of the molecule is CC(C)C1(CNC(=O)CC#N)CC1. The quantitative estimate of drug-likeness (QED) is 0.712. The summed E-state index contributed by atoms with van der Waals surface area (Å²) < 4.78 is 0. The van der Waals surface area contributed by atoms with E-state index in [-0.39, 0.29) is 12.3 Å². The van der Waals surface area contributed by atoms with Crippen molar-refractivity contribution in [2.24, 2.45) is 11.3 Å². The Labute approximate surface area is 79.1 Å². The fraction of sp³-hybridized carbons (Fsp3) is 0.800. The highest BCUT2D eigenvalue weighted by Gasteiger charge is 2.45. The Morgan fingerprint density at radius 3 is 2.62 bits per heavy atom. The maximum Gasteiger partial charge on any atom is 0.234 e. The second-order valence-corrected chi connectivity index (χ2v) is 4.13. The lowest BCUT2D eigenvalue weighted by Crippen LogP contribution is -2.32. The van der Waals surface area contributed by atoms with Gasteiger partial charge in [0.25, 0.3) is 0 Å². The molecule has 1 amide bonds. The third kappa shape index (κ3) is 2.45. The standard InChI is InChI=1S/C10H16N2O/c1-8(2)10(4-5-10)7-12-9(13)3-6-11/h8H,3-5,7H2,1-2H3,(H,12,13). The predicted molar refractivity (Wildman–Crippen MR) is 49.7 cm³/mol. The third-order valence-corrected chi connectivity index (χ3v) is 2.99. The molecule has 72 valence electrons. The van der Waals surface area contributed by atoms with Crippen molar-refractivity contribution in [3.05, 3.63) is 0 Å². The summed E-state index contributed by atoms with van der Waals surface area (Å²) in [5.74, 6) is 0.476. The monoisotopic (exact) mass is 180 g/mol. The van der Waals surface area contributed by atoms with Gasteiger partial charge in [-0.2, -0.15) is 5.26 Å². The van der Waals surface area contributed by atoms with Crippen LogP contribution in [0.3, 0.4) is 0 Å². The Bertz CT molecular complexity index is 236. The van der Waals surface area contributed by atoms with Crippen LogP contribution >= 0.6 is 0 Å². The molecule has 0 aromatic rings. The van der Waals surface area contributed by atoms with Gasteiger partial charge in [-0.05, 0) is 24.2 Å². The summed E-state index contributed by atoms with van der Waals surface area (Å²) in [6, 6.07) is 1.84. The molecule has 0 bridgehead atoms. The highest BCUT2D eigenvalue weighted by molar-refractivity contribution is 5.78. The Kier molecular flexibility index (Phi) is 2.92. The molecule has 0 unspecified atom stereocenters. The zero-order chi connectivity index (χ0) is 9.90. The van der Waals surface area contributed by atoms with Crippen molar-refractivity contribution in [3.8, 4) is 6.07 Å². The fourth-order valence-electron chi connectivity index (χ4n) is 1.53. The topological polar surface area (TPSA) is 52.9 Å². The van der Waals surface area contributed by atoms with Crippen LogP contribution in [0.15, 0.2) is 0 Å². The number of amides is 1. The summed E-state index contributed by atoms with van der Waals surface area (Å²) in [5.41, 5.74) is 0.338. The van der Waals surface area contributed by atoms with Gasteiger partial charge in [0.1, 0.15) is 6.42 Å². The summed E-state index contributed by atoms with van der Waals surface area (Å²) in [7, 11) is 0. The number of hydrogen-bond acceptors (Lipinski definition) is 2. The smallest absolute Gasteiger partial charge is 0.234 e. The predicted octanol–water partition coefficient (Wildman–Crippen LogP) is 1.45. The van der Waals surface area contributed by atoms with E-state index in [0.29, 0.717) is 11.3 Å². The fourth-order valence-corrected chi connectivity index (χ4v) is 1.53. The molecule has 0 aromatic carbocycles. The zero-order valence-electron chi connectivity index (χ0n) is 8.26. The van der Waals surface area contributed by atoms with Gasteiger partial charge in [0.15, 0.2) is 0 Å². The Morgan fingerprint density at radius 2 is 2.23 bits per heavy atom. The first kappa shape index (κ1) is 10.0. The van der Waals surface area contributed by atoms with Crippen molar-refractivity contribution < 1.29 is 4.79 Å². The van der Waals surface area contributed by atoms with Crippen LogP contribution in [-0.4, -0.2) is 12.5 Å². The van der Waals surface area contributed by atoms with Crippen molar-refractivity contribution >= 4 is 5.91 Å². The molecule has 0 radical (unpaired) electrons. The van der Waals surface area contributed by atoms with Crippen LogP contribution < -0.4 is 5.32 Å². The molecule has 0 atom stereocenters. The molecule has 1 rings (SSSR count). The number of nitriles is 1. The highest BCUT2D eigenvalue weighted by Crippen LogP contribution is 2.51. The number of carbonyl (C=O) groups is 1. The molecule has 0 aliphatic heterocycles. The zero-order valence-corrected chi connectivity index (χ0v) is 8.26. The van der Waals surface area contributed by atoms with E-state index in [4.69, 9.17) is 5.26 Å². The molecular weight excluding hydrogens is 164 g/mol. The second-order valence-electron chi connectivity index (χ2n) is 4.13. The van der Waals surface area contributed by atoms with Gasteiger partial charge in [0, 0.05) is 6.54 Å². The van der Waals surface area contributed by atoms with Crippen LogP contribution in [0.1, 0.15) is 33.1 Å². The summed E-state index contributed by atoms with van der Waals surface area (Å²) in [4.78, 5) is 11.0. The van der Waals surface area contributed by atoms with Gasteiger partial charge in [-0.15, -0.1) is 0 Å². The maximum absolute atomic E-state index is 11.0. The number of nitrogens with zero attached hydrogens (tertiary/aromatic N) is 1. The van der Waals surface area contributed by atoms with Crippen molar-refractivity contribution in [2.75, 3.05) is 6.54 Å². The van der Waals surface area contributed by atoms with Crippen molar-refractivity contribution in [3.63, 3.8) is 0 Å². The molecule has 1 fully saturated rings. The van der Waals surface area contributed by atoms with Crippen LogP contribution in [0.2, 0.25) is 0 Å². The number of carbonyl (C=O) groups excluding carboxylic acids is 1. The molecule has 3 heteroatoms. The largest absolute Gasteiger partial charge is 0.355 e. The van der Waals surface area contributed by atoms with Crippen molar-refractivity contribution in [1.29, 1.82) is 5.26 Å². The van der Waals surface area contributed by atoms with Crippen LogP contribution in [0.25, 0.3) is 0 Å². The minimum Gasteiger partial charge on any atom is -0.355 e. The van der Waals surface area contributed by atoms with Gasteiger partial charge in [-0.1, -0.05) is 13.8 Å². The first-order chi connectivity index (χ1) is 6.10. The lowest BCUT2D eigenvalue weighted by Gasteiger charge is -2.19. The highest BCUT2D eigenvalue weighted by atomic mass is 16.1. The second kappa shape index (κ2) is 3.78. The van der Waals surface area contributed by atoms with Gasteiger partial charge < -0.3 is 5.32 Å². The molecule has 13 heavy (non-hydrogen) atoms. The van der Waals surface area contributed by atoms with E-state index in [2.05, 4.69) is 19.2 Å². The minimum atomic E-state index is -0.144. The summed E-state index contributed by atoms with van der Waals surface area (Å²) in [6.45, 7) is 5.11. The third-order valence-electron chi connectivity index (χ3n) is 2.99. The van der Waals surface area contributed by atoms with Gasteiger partial charge >= 0.3 is 0 Å². The van der Waals surface area contributed by atoms with E-state index in [9.17, 15) is 4.79 Å². The van der Waals surface area contributed by atoms with Crippen LogP contribution in [0.4, 0.5) is 0 Å². The summed E-state index contributed by atoms with van der Waals surface area (Å²) in [5, 5.41) is 11.1. The van der Waals surface area contributed by atoms with Gasteiger partial charge in [0.05, 0.1) is 6.07 Å². The molecule has 1 N–H and O–H groups in total. The molecular formula is C10H16N2O. The Hall–Kier alpha value is -1.04. The van der Waals surface area contributed by atoms with E-state index in [1.165, 1.54) is 12.8 Å². The molecule has 3 nitrogen and oxygen atoms in total. The van der Waals surface area contributed by atoms with Gasteiger partial charge in [-0.25, -0.2) is 0 Å². The average Bonchev–Trinajstić information content (AvgIpc) is 2.82. The van der Waals surface area contributed by atoms with Crippen LogP contribution in [0, 0.1) is 22.7 Å². The van der Waals surface area contributed by atoms with Crippen molar-refractivity contribution in [1.82, 2.24) is 5.32 Å². The lowest BCUT2D eigenvalue weighted by atomic mass is 9.92. The molecule has 0 spiro atoms.